The average molecular weight is 519 g/mol. The molecule has 10 heteroatoms. The van der Waals surface area contributed by atoms with Crippen LogP contribution in [0.2, 0.25) is 10.0 Å². The Labute approximate surface area is 212 Å². The highest BCUT2D eigenvalue weighted by atomic mass is 35.5. The molecule has 0 unspecified atom stereocenters. The Morgan fingerprint density at radius 3 is 2.46 bits per heavy atom. The Balaban J connectivity index is 1.67. The quantitative estimate of drug-likeness (QED) is 0.359. The Hall–Kier alpha value is -3.49. The van der Waals surface area contributed by atoms with Crippen LogP contribution in [0, 0.1) is 0 Å². The second kappa shape index (κ2) is 10.8. The van der Waals surface area contributed by atoms with E-state index in [9.17, 15) is 19.5 Å². The van der Waals surface area contributed by atoms with E-state index in [-0.39, 0.29) is 22.9 Å². The summed E-state index contributed by atoms with van der Waals surface area (Å²) in [5.74, 6) is -1.48. The fourth-order valence-corrected chi connectivity index (χ4v) is 3.82. The molecule has 0 atom stereocenters. The van der Waals surface area contributed by atoms with Gasteiger partial charge >= 0.3 is 12.1 Å². The fourth-order valence-electron chi connectivity index (χ4n) is 3.22. The minimum atomic E-state index is -1.16. The molecule has 0 bridgehead atoms. The number of amides is 2. The Morgan fingerprint density at radius 2 is 1.77 bits per heavy atom. The van der Waals surface area contributed by atoms with Gasteiger partial charge in [-0.25, -0.2) is 9.59 Å². The lowest BCUT2D eigenvalue weighted by Crippen LogP contribution is -2.32. The van der Waals surface area contributed by atoms with Crippen molar-refractivity contribution < 1.29 is 29.0 Å². The molecule has 0 radical (unpaired) electrons. The van der Waals surface area contributed by atoms with Gasteiger partial charge in [-0.2, -0.15) is 0 Å². The molecule has 3 aromatic carbocycles. The van der Waals surface area contributed by atoms with E-state index in [1.54, 1.807) is 51.1 Å². The van der Waals surface area contributed by atoms with Crippen molar-refractivity contribution in [1.29, 1.82) is 0 Å². The Kier molecular flexibility index (Phi) is 8.09. The molecule has 184 valence electrons. The van der Waals surface area contributed by atoms with Gasteiger partial charge < -0.3 is 25.2 Å². The third kappa shape index (κ3) is 7.50. The summed E-state index contributed by atoms with van der Waals surface area (Å²) in [5, 5.41) is 16.3. The highest BCUT2D eigenvalue weighted by Gasteiger charge is 2.17. The summed E-state index contributed by atoms with van der Waals surface area (Å²) in [5.41, 5.74) is 0.608. The molecule has 35 heavy (non-hydrogen) atoms. The molecule has 3 aromatic rings. The second-order valence-corrected chi connectivity index (χ2v) is 9.50. The van der Waals surface area contributed by atoms with Crippen LogP contribution in [0.1, 0.15) is 36.7 Å². The number of carbonyl (C=O) groups excluding carboxylic acids is 2. The molecular weight excluding hydrogens is 495 g/mol. The standard InChI is InChI=1S/C25H24Cl2N2O6/c1-25(2,3)35-24(33)28-12-14-5-4-6-18(7-14)29-21(30)13-34-20-10-16(23(31)32)8-15-9-17(26)11-19(27)22(15)20/h4-11H,12-13H2,1-3H3,(H,28,33)(H,29,30)(H,31,32). The maximum atomic E-state index is 12.5. The number of benzene rings is 3. The summed E-state index contributed by atoms with van der Waals surface area (Å²) < 4.78 is 10.9. The molecule has 0 saturated carbocycles. The van der Waals surface area contributed by atoms with Gasteiger partial charge in [0, 0.05) is 22.6 Å². The van der Waals surface area contributed by atoms with Crippen LogP contribution in [-0.4, -0.2) is 35.3 Å². The molecule has 0 aromatic heterocycles. The van der Waals surface area contributed by atoms with Crippen LogP contribution in [0.5, 0.6) is 5.75 Å². The van der Waals surface area contributed by atoms with Crippen LogP contribution < -0.4 is 15.4 Å². The summed E-state index contributed by atoms with van der Waals surface area (Å²) in [4.78, 5) is 35.9. The zero-order valence-electron chi connectivity index (χ0n) is 19.3. The predicted molar refractivity (Wildman–Crippen MR) is 135 cm³/mol. The number of aromatic carboxylic acids is 1. The van der Waals surface area contributed by atoms with Gasteiger partial charge in [0.2, 0.25) is 0 Å². The first-order valence-electron chi connectivity index (χ1n) is 10.6. The minimum Gasteiger partial charge on any atom is -0.483 e. The van der Waals surface area contributed by atoms with Crippen LogP contribution in [0.4, 0.5) is 10.5 Å². The van der Waals surface area contributed by atoms with E-state index in [4.69, 9.17) is 32.7 Å². The molecule has 0 aliphatic heterocycles. The van der Waals surface area contributed by atoms with Crippen molar-refractivity contribution in [2.24, 2.45) is 0 Å². The maximum Gasteiger partial charge on any atom is 0.407 e. The molecule has 0 spiro atoms. The van der Waals surface area contributed by atoms with Gasteiger partial charge in [0.15, 0.2) is 6.61 Å². The Bertz CT molecular complexity index is 1290. The molecule has 3 rings (SSSR count). The maximum absolute atomic E-state index is 12.5. The fraction of sp³-hybridized carbons (Fsp3) is 0.240. The average Bonchev–Trinajstić information content (AvgIpc) is 2.74. The number of ether oxygens (including phenoxy) is 2. The number of fused-ring (bicyclic) bond motifs is 1. The van der Waals surface area contributed by atoms with Gasteiger partial charge in [0.25, 0.3) is 5.91 Å². The number of rotatable bonds is 7. The van der Waals surface area contributed by atoms with Crippen LogP contribution in [0.3, 0.4) is 0 Å². The number of carboxylic acids is 1. The molecule has 8 nitrogen and oxygen atoms in total. The summed E-state index contributed by atoms with van der Waals surface area (Å²) in [6.45, 7) is 5.14. The summed E-state index contributed by atoms with van der Waals surface area (Å²) in [7, 11) is 0. The zero-order chi connectivity index (χ0) is 25.8. The van der Waals surface area contributed by atoms with Crippen molar-refractivity contribution in [2.75, 3.05) is 11.9 Å². The van der Waals surface area contributed by atoms with Crippen molar-refractivity contribution in [3.8, 4) is 5.75 Å². The molecule has 0 aliphatic carbocycles. The summed E-state index contributed by atoms with van der Waals surface area (Å²) >= 11 is 12.3. The number of carboxylic acid groups (broad SMARTS) is 1. The van der Waals surface area contributed by atoms with Crippen molar-refractivity contribution in [1.82, 2.24) is 5.32 Å². The third-order valence-corrected chi connectivity index (χ3v) is 5.10. The summed E-state index contributed by atoms with van der Waals surface area (Å²) in [6, 6.07) is 12.7. The van der Waals surface area contributed by atoms with Gasteiger partial charge in [0.1, 0.15) is 11.4 Å². The SMILES string of the molecule is CC(C)(C)OC(=O)NCc1cccc(NC(=O)COc2cc(C(=O)O)cc3cc(Cl)cc(Cl)c23)c1. The normalized spacial score (nSPS) is 11.1. The molecule has 2 amide bonds. The van der Waals surface area contributed by atoms with Crippen LogP contribution in [0.25, 0.3) is 10.8 Å². The number of halogens is 2. The van der Waals surface area contributed by atoms with Gasteiger partial charge in [-0.3, -0.25) is 4.79 Å². The van der Waals surface area contributed by atoms with E-state index in [0.29, 0.717) is 21.5 Å². The second-order valence-electron chi connectivity index (χ2n) is 8.66. The third-order valence-electron chi connectivity index (χ3n) is 4.58. The number of nitrogens with one attached hydrogen (secondary N) is 2. The largest absolute Gasteiger partial charge is 0.483 e. The monoisotopic (exact) mass is 518 g/mol. The van der Waals surface area contributed by atoms with Crippen molar-refractivity contribution in [3.05, 3.63) is 69.7 Å². The molecule has 0 heterocycles. The first kappa shape index (κ1) is 26.1. The smallest absolute Gasteiger partial charge is 0.407 e. The van der Waals surface area contributed by atoms with Gasteiger partial charge in [0.05, 0.1) is 10.6 Å². The van der Waals surface area contributed by atoms with E-state index in [0.717, 1.165) is 5.56 Å². The highest BCUT2D eigenvalue weighted by Crippen LogP contribution is 2.36. The van der Waals surface area contributed by atoms with Crippen LogP contribution in [-0.2, 0) is 16.1 Å². The zero-order valence-corrected chi connectivity index (χ0v) is 20.8. The number of hydrogen-bond acceptors (Lipinski definition) is 5. The molecule has 3 N–H and O–H groups in total. The van der Waals surface area contributed by atoms with Crippen molar-refractivity contribution >= 4 is 57.6 Å². The van der Waals surface area contributed by atoms with E-state index in [1.807, 2.05) is 0 Å². The van der Waals surface area contributed by atoms with E-state index in [2.05, 4.69) is 10.6 Å². The van der Waals surface area contributed by atoms with Gasteiger partial charge in [-0.15, -0.1) is 0 Å². The van der Waals surface area contributed by atoms with E-state index >= 15 is 0 Å². The lowest BCUT2D eigenvalue weighted by atomic mass is 10.1. The van der Waals surface area contributed by atoms with E-state index in [1.165, 1.54) is 18.2 Å². The first-order valence-corrected chi connectivity index (χ1v) is 11.3. The molecule has 0 aliphatic rings. The van der Waals surface area contributed by atoms with E-state index < -0.39 is 30.2 Å². The minimum absolute atomic E-state index is 0.0311. The Morgan fingerprint density at radius 1 is 1.03 bits per heavy atom. The topological polar surface area (TPSA) is 114 Å². The van der Waals surface area contributed by atoms with Crippen molar-refractivity contribution in [3.63, 3.8) is 0 Å². The number of carbonyl (C=O) groups is 3. The van der Waals surface area contributed by atoms with Gasteiger partial charge in [-0.05, 0) is 68.1 Å². The first-order chi connectivity index (χ1) is 16.4. The van der Waals surface area contributed by atoms with Crippen molar-refractivity contribution in [2.45, 2.75) is 32.9 Å². The molecule has 0 fully saturated rings. The molecule has 0 saturated heterocycles. The lowest BCUT2D eigenvalue weighted by molar-refractivity contribution is -0.118. The van der Waals surface area contributed by atoms with Crippen LogP contribution in [0.15, 0.2) is 48.5 Å². The number of hydrogen-bond donors (Lipinski definition) is 3. The van der Waals surface area contributed by atoms with Crippen LogP contribution >= 0.6 is 23.2 Å². The summed E-state index contributed by atoms with van der Waals surface area (Å²) in [6.07, 6.45) is -0.545. The predicted octanol–water partition coefficient (Wildman–Crippen LogP) is 5.89. The molecular formula is C25H24Cl2N2O6. The lowest BCUT2D eigenvalue weighted by Gasteiger charge is -2.19. The number of anilines is 1. The highest BCUT2D eigenvalue weighted by molar-refractivity contribution is 6.39. The van der Waals surface area contributed by atoms with Gasteiger partial charge in [-0.1, -0.05) is 35.3 Å². The number of alkyl carbamates (subject to hydrolysis) is 1.